The molecule has 0 unspecified atom stereocenters. The molecule has 0 atom stereocenters. The number of rotatable bonds is 2. The predicted molar refractivity (Wildman–Crippen MR) is 58.5 cm³/mol. The van der Waals surface area contributed by atoms with Crippen molar-refractivity contribution in [2.24, 2.45) is 0 Å². The Labute approximate surface area is 84.9 Å². The summed E-state index contributed by atoms with van der Waals surface area (Å²) in [5.74, 6) is 1.01. The highest BCUT2D eigenvalue weighted by atomic mass is 15.0. The van der Waals surface area contributed by atoms with E-state index in [1.54, 1.807) is 0 Å². The van der Waals surface area contributed by atoms with Gasteiger partial charge in [0.15, 0.2) is 0 Å². The van der Waals surface area contributed by atoms with Gasteiger partial charge in [-0.2, -0.15) is 0 Å². The van der Waals surface area contributed by atoms with Gasteiger partial charge in [0, 0.05) is 11.7 Å². The number of aromatic nitrogens is 1. The summed E-state index contributed by atoms with van der Waals surface area (Å²) in [6.45, 7) is 4.25. The average molecular weight is 191 g/mol. The van der Waals surface area contributed by atoms with Crippen LogP contribution < -0.4 is 10.6 Å². The number of aryl methyl sites for hydroxylation is 1. The van der Waals surface area contributed by atoms with Crippen LogP contribution in [-0.2, 0) is 0 Å². The topological polar surface area (TPSA) is 37.0 Å². The molecule has 1 aromatic rings. The standard InChI is InChI=1S/C11H17N3/c1-9-3-2-4-11(13-9)14-10-5-7-12-8-6-10/h2-4,10,12H,5-8H2,1H3,(H,13,14). The van der Waals surface area contributed by atoms with Crippen molar-refractivity contribution in [1.29, 1.82) is 0 Å². The molecule has 2 rings (SSSR count). The Balaban J connectivity index is 1.95. The Hall–Kier alpha value is -1.09. The smallest absolute Gasteiger partial charge is 0.126 e. The molecule has 2 heterocycles. The largest absolute Gasteiger partial charge is 0.367 e. The minimum atomic E-state index is 0.588. The van der Waals surface area contributed by atoms with Gasteiger partial charge < -0.3 is 10.6 Å². The molecular weight excluding hydrogens is 174 g/mol. The maximum atomic E-state index is 4.44. The highest BCUT2D eigenvalue weighted by Crippen LogP contribution is 2.11. The summed E-state index contributed by atoms with van der Waals surface area (Å²) in [6, 6.07) is 6.69. The molecule has 0 amide bonds. The summed E-state index contributed by atoms with van der Waals surface area (Å²) in [6.07, 6.45) is 2.38. The number of piperidine rings is 1. The highest BCUT2D eigenvalue weighted by Gasteiger charge is 2.12. The van der Waals surface area contributed by atoms with Crippen LogP contribution >= 0.6 is 0 Å². The summed E-state index contributed by atoms with van der Waals surface area (Å²) in [4.78, 5) is 4.44. The molecule has 3 nitrogen and oxygen atoms in total. The van der Waals surface area contributed by atoms with Crippen LogP contribution in [0.4, 0.5) is 5.82 Å². The van der Waals surface area contributed by atoms with Crippen molar-refractivity contribution in [2.75, 3.05) is 18.4 Å². The number of hydrogen-bond donors (Lipinski definition) is 2. The molecule has 0 spiro atoms. The quantitative estimate of drug-likeness (QED) is 0.744. The van der Waals surface area contributed by atoms with Crippen LogP contribution in [0.15, 0.2) is 18.2 Å². The minimum Gasteiger partial charge on any atom is -0.367 e. The first-order valence-corrected chi connectivity index (χ1v) is 5.25. The van der Waals surface area contributed by atoms with Crippen LogP contribution in [0.3, 0.4) is 0 Å². The fraction of sp³-hybridized carbons (Fsp3) is 0.545. The molecule has 1 aliphatic heterocycles. The number of anilines is 1. The van der Waals surface area contributed by atoms with Gasteiger partial charge >= 0.3 is 0 Å². The summed E-state index contributed by atoms with van der Waals surface area (Å²) in [5, 5.41) is 6.82. The highest BCUT2D eigenvalue weighted by molar-refractivity contribution is 5.36. The van der Waals surface area contributed by atoms with Crippen molar-refractivity contribution in [2.45, 2.75) is 25.8 Å². The second-order valence-corrected chi connectivity index (χ2v) is 3.83. The van der Waals surface area contributed by atoms with Gasteiger partial charge in [-0.25, -0.2) is 4.98 Å². The van der Waals surface area contributed by atoms with Crippen molar-refractivity contribution in [1.82, 2.24) is 10.3 Å². The van der Waals surface area contributed by atoms with Crippen LogP contribution in [0.25, 0.3) is 0 Å². The third-order valence-electron chi connectivity index (χ3n) is 2.58. The molecule has 0 saturated carbocycles. The summed E-state index contributed by atoms with van der Waals surface area (Å²) < 4.78 is 0. The second-order valence-electron chi connectivity index (χ2n) is 3.83. The van der Waals surface area contributed by atoms with Gasteiger partial charge in [-0.3, -0.25) is 0 Å². The van der Waals surface area contributed by atoms with E-state index in [4.69, 9.17) is 0 Å². The van der Waals surface area contributed by atoms with E-state index in [1.807, 2.05) is 25.1 Å². The van der Waals surface area contributed by atoms with E-state index in [0.29, 0.717) is 6.04 Å². The zero-order chi connectivity index (χ0) is 9.80. The normalized spacial score (nSPS) is 18.1. The van der Waals surface area contributed by atoms with Crippen molar-refractivity contribution in [3.05, 3.63) is 23.9 Å². The van der Waals surface area contributed by atoms with Crippen molar-refractivity contribution in [3.8, 4) is 0 Å². The van der Waals surface area contributed by atoms with E-state index in [2.05, 4.69) is 15.6 Å². The Morgan fingerprint density at radius 1 is 1.36 bits per heavy atom. The molecule has 14 heavy (non-hydrogen) atoms. The molecule has 0 radical (unpaired) electrons. The van der Waals surface area contributed by atoms with E-state index in [-0.39, 0.29) is 0 Å². The number of pyridine rings is 1. The molecule has 3 heteroatoms. The zero-order valence-corrected chi connectivity index (χ0v) is 8.59. The molecule has 1 fully saturated rings. The first-order valence-electron chi connectivity index (χ1n) is 5.25. The minimum absolute atomic E-state index is 0.588. The van der Waals surface area contributed by atoms with Gasteiger partial charge in [-0.05, 0) is 45.0 Å². The Morgan fingerprint density at radius 2 is 2.14 bits per heavy atom. The van der Waals surface area contributed by atoms with Crippen LogP contribution in [0.5, 0.6) is 0 Å². The lowest BCUT2D eigenvalue weighted by Gasteiger charge is -2.24. The van der Waals surface area contributed by atoms with Crippen molar-refractivity contribution < 1.29 is 0 Å². The zero-order valence-electron chi connectivity index (χ0n) is 8.59. The average Bonchev–Trinajstić information content (AvgIpc) is 2.19. The number of nitrogens with one attached hydrogen (secondary N) is 2. The molecule has 1 aromatic heterocycles. The van der Waals surface area contributed by atoms with E-state index in [9.17, 15) is 0 Å². The Morgan fingerprint density at radius 3 is 2.86 bits per heavy atom. The third-order valence-corrected chi connectivity index (χ3v) is 2.58. The lowest BCUT2D eigenvalue weighted by molar-refractivity contribution is 0.478. The van der Waals surface area contributed by atoms with E-state index >= 15 is 0 Å². The molecule has 2 N–H and O–H groups in total. The van der Waals surface area contributed by atoms with Crippen LogP contribution in [0, 0.1) is 6.92 Å². The second kappa shape index (κ2) is 4.42. The number of nitrogens with zero attached hydrogens (tertiary/aromatic N) is 1. The maximum Gasteiger partial charge on any atom is 0.126 e. The molecule has 0 bridgehead atoms. The van der Waals surface area contributed by atoms with Gasteiger partial charge in [0.2, 0.25) is 0 Å². The molecule has 1 aliphatic rings. The third kappa shape index (κ3) is 2.45. The van der Waals surface area contributed by atoms with Gasteiger partial charge in [0.1, 0.15) is 5.82 Å². The first kappa shape index (κ1) is 9.46. The molecule has 0 aliphatic carbocycles. The van der Waals surface area contributed by atoms with Crippen LogP contribution in [0.1, 0.15) is 18.5 Å². The molecule has 1 saturated heterocycles. The predicted octanol–water partition coefficient (Wildman–Crippen LogP) is 1.55. The summed E-state index contributed by atoms with van der Waals surface area (Å²) in [5.41, 5.74) is 1.07. The molecule has 0 aromatic carbocycles. The molecule has 76 valence electrons. The van der Waals surface area contributed by atoms with Gasteiger partial charge in [-0.1, -0.05) is 6.07 Å². The first-order chi connectivity index (χ1) is 6.84. The fourth-order valence-electron chi connectivity index (χ4n) is 1.80. The van der Waals surface area contributed by atoms with Crippen molar-refractivity contribution in [3.63, 3.8) is 0 Å². The van der Waals surface area contributed by atoms with Crippen LogP contribution in [0.2, 0.25) is 0 Å². The van der Waals surface area contributed by atoms with Crippen molar-refractivity contribution >= 4 is 5.82 Å². The van der Waals surface area contributed by atoms with Crippen LogP contribution in [-0.4, -0.2) is 24.1 Å². The summed E-state index contributed by atoms with van der Waals surface area (Å²) in [7, 11) is 0. The van der Waals surface area contributed by atoms with Gasteiger partial charge in [0.05, 0.1) is 0 Å². The molecular formula is C11H17N3. The van der Waals surface area contributed by atoms with Gasteiger partial charge in [0.25, 0.3) is 0 Å². The lowest BCUT2D eigenvalue weighted by atomic mass is 10.1. The van der Waals surface area contributed by atoms with E-state index in [0.717, 1.165) is 24.6 Å². The van der Waals surface area contributed by atoms with E-state index in [1.165, 1.54) is 12.8 Å². The lowest BCUT2D eigenvalue weighted by Crippen LogP contribution is -2.35. The Kier molecular flexibility index (Phi) is 2.99. The monoisotopic (exact) mass is 191 g/mol. The Bertz CT molecular complexity index is 292. The summed E-state index contributed by atoms with van der Waals surface area (Å²) >= 11 is 0. The number of hydrogen-bond acceptors (Lipinski definition) is 3. The maximum absolute atomic E-state index is 4.44. The SMILES string of the molecule is Cc1cccc(NC2CCNCC2)n1. The fourth-order valence-corrected chi connectivity index (χ4v) is 1.80. The van der Waals surface area contributed by atoms with E-state index < -0.39 is 0 Å². The van der Waals surface area contributed by atoms with Gasteiger partial charge in [-0.15, -0.1) is 0 Å².